The molecule has 1 aromatic carbocycles. The van der Waals surface area contributed by atoms with E-state index in [4.69, 9.17) is 5.73 Å². The zero-order chi connectivity index (χ0) is 17.8. The molecule has 0 saturated heterocycles. The SMILES string of the molecule is CSCC[C@H](N)C(=O)Nc1cc(C(F)(F)F)cc(C(F)(F)F)c1.Cl. The van der Waals surface area contributed by atoms with Gasteiger partial charge in [0.2, 0.25) is 5.91 Å². The number of nitrogens with one attached hydrogen (secondary N) is 1. The zero-order valence-electron chi connectivity index (χ0n) is 12.3. The molecule has 11 heteroatoms. The molecular formula is C13H15ClF6N2OS. The van der Waals surface area contributed by atoms with E-state index in [2.05, 4.69) is 0 Å². The highest BCUT2D eigenvalue weighted by Crippen LogP contribution is 2.37. The highest BCUT2D eigenvalue weighted by molar-refractivity contribution is 7.98. The van der Waals surface area contributed by atoms with E-state index in [1.807, 2.05) is 5.32 Å². The molecule has 1 rings (SSSR count). The zero-order valence-corrected chi connectivity index (χ0v) is 13.9. The first kappa shape index (κ1) is 22.9. The smallest absolute Gasteiger partial charge is 0.325 e. The number of carbonyl (C=O) groups excluding carboxylic acids is 1. The first-order chi connectivity index (χ1) is 10.4. The molecule has 0 radical (unpaired) electrons. The number of halogens is 7. The molecule has 0 aliphatic rings. The lowest BCUT2D eigenvalue weighted by atomic mass is 10.1. The van der Waals surface area contributed by atoms with Gasteiger partial charge < -0.3 is 11.1 Å². The third-order valence-electron chi connectivity index (χ3n) is 2.82. The third-order valence-corrected chi connectivity index (χ3v) is 3.47. The van der Waals surface area contributed by atoms with Gasteiger partial charge in [-0.1, -0.05) is 0 Å². The van der Waals surface area contributed by atoms with Gasteiger partial charge in [-0.15, -0.1) is 12.4 Å². The summed E-state index contributed by atoms with van der Waals surface area (Å²) in [5, 5.41) is 2.00. The molecule has 0 heterocycles. The number of hydrogen-bond acceptors (Lipinski definition) is 3. The van der Waals surface area contributed by atoms with Crippen LogP contribution < -0.4 is 11.1 Å². The Morgan fingerprint density at radius 2 is 1.58 bits per heavy atom. The minimum absolute atomic E-state index is 0. The number of alkyl halides is 6. The molecule has 0 bridgehead atoms. The number of rotatable bonds is 5. The second kappa shape index (κ2) is 8.82. The molecule has 24 heavy (non-hydrogen) atoms. The standard InChI is InChI=1S/C13H14F6N2OS.ClH/c1-23-3-2-10(20)11(22)21-9-5-7(12(14,15)16)4-8(6-9)13(17,18)19;/h4-6,10H,2-3,20H2,1H3,(H,21,22);1H/t10-;/m0./s1. The Labute approximate surface area is 144 Å². The Kier molecular flexibility index (Phi) is 8.40. The van der Waals surface area contributed by atoms with Crippen LogP contribution in [0.5, 0.6) is 0 Å². The van der Waals surface area contributed by atoms with Crippen LogP contribution in [-0.2, 0) is 17.1 Å². The largest absolute Gasteiger partial charge is 0.416 e. The Morgan fingerprint density at radius 1 is 1.12 bits per heavy atom. The minimum Gasteiger partial charge on any atom is -0.325 e. The van der Waals surface area contributed by atoms with Crippen LogP contribution in [0.15, 0.2) is 18.2 Å². The number of carbonyl (C=O) groups is 1. The molecule has 138 valence electrons. The second-order valence-electron chi connectivity index (χ2n) is 4.67. The minimum atomic E-state index is -4.97. The van der Waals surface area contributed by atoms with Crippen LogP contribution in [0.1, 0.15) is 17.5 Å². The molecule has 3 N–H and O–H groups in total. The van der Waals surface area contributed by atoms with Crippen molar-refractivity contribution in [2.75, 3.05) is 17.3 Å². The fraction of sp³-hybridized carbons (Fsp3) is 0.462. The lowest BCUT2D eigenvalue weighted by Crippen LogP contribution is -2.36. The monoisotopic (exact) mass is 396 g/mol. The maximum atomic E-state index is 12.7. The van der Waals surface area contributed by atoms with E-state index in [1.54, 1.807) is 6.26 Å². The molecule has 0 unspecified atom stereocenters. The fourth-order valence-corrected chi connectivity index (χ4v) is 2.13. The van der Waals surface area contributed by atoms with Gasteiger partial charge in [-0.05, 0) is 36.6 Å². The van der Waals surface area contributed by atoms with E-state index >= 15 is 0 Å². The summed E-state index contributed by atoms with van der Waals surface area (Å²) in [5.74, 6) is -0.308. The molecule has 1 atom stereocenters. The summed E-state index contributed by atoms with van der Waals surface area (Å²) in [6.07, 6.45) is -7.92. The average molecular weight is 397 g/mol. The number of benzene rings is 1. The van der Waals surface area contributed by atoms with Gasteiger partial charge >= 0.3 is 12.4 Å². The van der Waals surface area contributed by atoms with Crippen molar-refractivity contribution in [3.63, 3.8) is 0 Å². The highest BCUT2D eigenvalue weighted by atomic mass is 35.5. The van der Waals surface area contributed by atoms with Gasteiger partial charge in [0.05, 0.1) is 17.2 Å². The quantitative estimate of drug-likeness (QED) is 0.735. The van der Waals surface area contributed by atoms with E-state index < -0.39 is 41.1 Å². The summed E-state index contributed by atoms with van der Waals surface area (Å²) in [7, 11) is 0. The fourth-order valence-electron chi connectivity index (χ4n) is 1.64. The van der Waals surface area contributed by atoms with E-state index in [-0.39, 0.29) is 24.9 Å². The average Bonchev–Trinajstić information content (AvgIpc) is 2.42. The molecule has 0 aliphatic carbocycles. The van der Waals surface area contributed by atoms with Crippen LogP contribution in [0.3, 0.4) is 0 Å². The Hall–Kier alpha value is -1.13. The predicted octanol–water partition coefficient (Wildman–Crippen LogP) is 4.16. The van der Waals surface area contributed by atoms with E-state index in [0.717, 1.165) is 0 Å². The van der Waals surface area contributed by atoms with Crippen molar-refractivity contribution in [2.24, 2.45) is 5.73 Å². The Balaban J connectivity index is 0.00000529. The normalized spacial score (nSPS) is 13.2. The molecule has 0 fully saturated rings. The van der Waals surface area contributed by atoms with Crippen molar-refractivity contribution in [3.05, 3.63) is 29.3 Å². The van der Waals surface area contributed by atoms with Crippen molar-refractivity contribution in [2.45, 2.75) is 24.8 Å². The second-order valence-corrected chi connectivity index (χ2v) is 5.66. The maximum Gasteiger partial charge on any atom is 0.416 e. The van der Waals surface area contributed by atoms with Gasteiger partial charge in [0, 0.05) is 5.69 Å². The Morgan fingerprint density at radius 3 is 1.96 bits per heavy atom. The summed E-state index contributed by atoms with van der Waals surface area (Å²) >= 11 is 1.41. The number of thioether (sulfide) groups is 1. The van der Waals surface area contributed by atoms with Crippen LogP contribution in [-0.4, -0.2) is 24.0 Å². The number of anilines is 1. The van der Waals surface area contributed by atoms with Crippen LogP contribution in [0.4, 0.5) is 32.0 Å². The summed E-state index contributed by atoms with van der Waals surface area (Å²) in [6.45, 7) is 0. The van der Waals surface area contributed by atoms with Crippen molar-refractivity contribution in [1.29, 1.82) is 0 Å². The third kappa shape index (κ3) is 6.78. The summed E-state index contributed by atoms with van der Waals surface area (Å²) < 4.78 is 76.1. The topological polar surface area (TPSA) is 55.1 Å². The number of hydrogen-bond donors (Lipinski definition) is 2. The van der Waals surface area contributed by atoms with Crippen molar-refractivity contribution >= 4 is 35.8 Å². The van der Waals surface area contributed by atoms with E-state index in [1.165, 1.54) is 11.8 Å². The summed E-state index contributed by atoms with van der Waals surface area (Å²) in [4.78, 5) is 11.7. The van der Waals surface area contributed by atoms with E-state index in [9.17, 15) is 31.1 Å². The van der Waals surface area contributed by atoms with Gasteiger partial charge in [-0.2, -0.15) is 38.1 Å². The number of nitrogens with two attached hydrogens (primary N) is 1. The van der Waals surface area contributed by atoms with Crippen molar-refractivity contribution < 1.29 is 31.1 Å². The summed E-state index contributed by atoms with van der Waals surface area (Å²) in [6, 6.07) is -0.155. The van der Waals surface area contributed by atoms with Crippen LogP contribution in [0, 0.1) is 0 Å². The van der Waals surface area contributed by atoms with Gasteiger partial charge in [0.15, 0.2) is 0 Å². The van der Waals surface area contributed by atoms with Gasteiger partial charge in [0.25, 0.3) is 0 Å². The van der Waals surface area contributed by atoms with Crippen LogP contribution in [0.2, 0.25) is 0 Å². The van der Waals surface area contributed by atoms with Crippen molar-refractivity contribution in [1.82, 2.24) is 0 Å². The highest BCUT2D eigenvalue weighted by Gasteiger charge is 2.37. The van der Waals surface area contributed by atoms with Gasteiger partial charge in [-0.25, -0.2) is 0 Å². The number of amides is 1. The molecule has 1 aromatic rings. The molecule has 0 saturated carbocycles. The van der Waals surface area contributed by atoms with Crippen molar-refractivity contribution in [3.8, 4) is 0 Å². The first-order valence-electron chi connectivity index (χ1n) is 6.30. The van der Waals surface area contributed by atoms with Crippen LogP contribution in [0.25, 0.3) is 0 Å². The molecule has 0 spiro atoms. The summed E-state index contributed by atoms with van der Waals surface area (Å²) in [5.41, 5.74) is 1.93. The molecular weight excluding hydrogens is 382 g/mol. The molecule has 0 aliphatic heterocycles. The predicted molar refractivity (Wildman–Crippen MR) is 83.3 cm³/mol. The lowest BCUT2D eigenvalue weighted by Gasteiger charge is -2.16. The van der Waals surface area contributed by atoms with Crippen LogP contribution >= 0.6 is 24.2 Å². The van der Waals surface area contributed by atoms with Gasteiger partial charge in [-0.3, -0.25) is 4.79 Å². The molecule has 1 amide bonds. The lowest BCUT2D eigenvalue weighted by molar-refractivity contribution is -0.143. The molecule has 0 aromatic heterocycles. The van der Waals surface area contributed by atoms with Gasteiger partial charge in [0.1, 0.15) is 0 Å². The maximum absolute atomic E-state index is 12.7. The van der Waals surface area contributed by atoms with E-state index in [0.29, 0.717) is 17.9 Å². The first-order valence-corrected chi connectivity index (χ1v) is 7.69. The Bertz CT molecular complexity index is 532. The molecule has 3 nitrogen and oxygen atoms in total.